The molecule has 6 atom stereocenters. The molecule has 204 valence electrons. The molecule has 1 aromatic carbocycles. The molecule has 2 fully saturated rings. The first-order valence-electron chi connectivity index (χ1n) is 13.8. The van der Waals surface area contributed by atoms with Crippen molar-refractivity contribution in [2.24, 2.45) is 11.8 Å². The number of allylic oxidation sites excluding steroid dienone is 1. The molecular formula is C30H38N2O5S. The van der Waals surface area contributed by atoms with Crippen LogP contribution in [0, 0.1) is 11.8 Å². The fourth-order valence-electron chi connectivity index (χ4n) is 6.70. The summed E-state index contributed by atoms with van der Waals surface area (Å²) in [5.74, 6) is -2.21. The lowest BCUT2D eigenvalue weighted by molar-refractivity contribution is -0.154. The number of hydrogen-bond donors (Lipinski definition) is 1. The number of esters is 1. The highest BCUT2D eigenvalue weighted by atomic mass is 32.2. The van der Waals surface area contributed by atoms with Gasteiger partial charge in [-0.05, 0) is 38.2 Å². The average Bonchev–Trinajstić information content (AvgIpc) is 3.27. The van der Waals surface area contributed by atoms with Crippen molar-refractivity contribution < 1.29 is 24.2 Å². The van der Waals surface area contributed by atoms with Crippen LogP contribution in [0.25, 0.3) is 0 Å². The Balaban J connectivity index is 1.63. The molecule has 2 amide bonds. The SMILES string of the molecule is CCCCN1CC=C[C@]23S[C@]4(C)/C=C\CCCOC(=O)[C@@H]4[C@H]2C(=O)N([C@@H](CO)Cc2ccccc2)C3C1=O. The van der Waals surface area contributed by atoms with E-state index in [0.29, 0.717) is 26.1 Å². The monoisotopic (exact) mass is 538 g/mol. The van der Waals surface area contributed by atoms with Gasteiger partial charge >= 0.3 is 5.97 Å². The number of unbranched alkanes of at least 4 members (excludes halogenated alkanes) is 1. The minimum atomic E-state index is -0.929. The third kappa shape index (κ3) is 4.49. The molecular weight excluding hydrogens is 500 g/mol. The Kier molecular flexibility index (Phi) is 7.74. The quantitative estimate of drug-likeness (QED) is 0.423. The first kappa shape index (κ1) is 27.0. The zero-order valence-corrected chi connectivity index (χ0v) is 23.1. The first-order chi connectivity index (χ1) is 18.4. The summed E-state index contributed by atoms with van der Waals surface area (Å²) in [4.78, 5) is 45.9. The van der Waals surface area contributed by atoms with E-state index in [2.05, 4.69) is 19.1 Å². The van der Waals surface area contributed by atoms with E-state index in [1.807, 2.05) is 54.3 Å². The summed E-state index contributed by atoms with van der Waals surface area (Å²) in [5.41, 5.74) is 0.979. The number of hydrogen-bond acceptors (Lipinski definition) is 6. The molecule has 4 aliphatic heterocycles. The third-order valence-corrected chi connectivity index (χ3v) is 10.3. The highest BCUT2D eigenvalue weighted by Crippen LogP contribution is 2.65. The maximum Gasteiger partial charge on any atom is 0.311 e. The minimum absolute atomic E-state index is 0.106. The zero-order valence-electron chi connectivity index (χ0n) is 22.3. The number of fused-ring (bicyclic) bond motifs is 2. The van der Waals surface area contributed by atoms with Crippen LogP contribution in [-0.2, 0) is 25.5 Å². The van der Waals surface area contributed by atoms with Crippen molar-refractivity contribution in [2.75, 3.05) is 26.3 Å². The van der Waals surface area contributed by atoms with E-state index in [0.717, 1.165) is 31.2 Å². The summed E-state index contributed by atoms with van der Waals surface area (Å²) in [6, 6.07) is 8.32. The van der Waals surface area contributed by atoms with Crippen LogP contribution in [0.3, 0.4) is 0 Å². The lowest BCUT2D eigenvalue weighted by atomic mass is 9.74. The van der Waals surface area contributed by atoms with Gasteiger partial charge < -0.3 is 19.6 Å². The number of thioether (sulfide) groups is 1. The van der Waals surface area contributed by atoms with Crippen LogP contribution in [0.5, 0.6) is 0 Å². The Labute approximate surface area is 229 Å². The number of carbonyl (C=O) groups is 3. The molecule has 2 saturated heterocycles. The largest absolute Gasteiger partial charge is 0.465 e. The van der Waals surface area contributed by atoms with Gasteiger partial charge in [0.25, 0.3) is 0 Å². The van der Waals surface area contributed by atoms with Gasteiger partial charge in [0.2, 0.25) is 11.8 Å². The molecule has 4 heterocycles. The molecule has 5 rings (SSSR count). The number of carbonyl (C=O) groups excluding carboxylic acids is 3. The standard InChI is InChI=1S/C30H38N2O5S/c1-3-4-16-31-17-11-15-30-23(24-28(36)37-18-10-6-9-14-29(24,2)38-30)26(34)32(25(30)27(31)35)22(20-33)19-21-12-7-5-8-13-21/h5,7-9,11-15,22-25,33H,3-4,6,10,16-20H2,1-2H3/b14-9-/t22-,23+,24+,25?,29-,30+/m1/s1. The van der Waals surface area contributed by atoms with Crippen molar-refractivity contribution in [2.45, 2.75) is 67.5 Å². The van der Waals surface area contributed by atoms with E-state index in [4.69, 9.17) is 4.74 Å². The van der Waals surface area contributed by atoms with Crippen LogP contribution in [0.1, 0.15) is 45.1 Å². The van der Waals surface area contributed by atoms with Gasteiger partial charge in [-0.1, -0.05) is 68.0 Å². The number of aliphatic hydroxyl groups excluding tert-OH is 1. The zero-order chi connectivity index (χ0) is 26.9. The second-order valence-electron chi connectivity index (χ2n) is 11.0. The van der Waals surface area contributed by atoms with Crippen molar-refractivity contribution >= 4 is 29.5 Å². The summed E-state index contributed by atoms with van der Waals surface area (Å²) >= 11 is 1.55. The van der Waals surface area contributed by atoms with Gasteiger partial charge in [-0.2, -0.15) is 0 Å². The molecule has 1 unspecified atom stereocenters. The molecule has 38 heavy (non-hydrogen) atoms. The number of cyclic esters (lactones) is 1. The number of amides is 2. The highest BCUT2D eigenvalue weighted by Gasteiger charge is 2.74. The molecule has 1 N–H and O–H groups in total. The van der Waals surface area contributed by atoms with Gasteiger partial charge in [0.1, 0.15) is 6.04 Å². The van der Waals surface area contributed by atoms with Crippen LogP contribution in [0.4, 0.5) is 0 Å². The maximum absolute atomic E-state index is 14.5. The minimum Gasteiger partial charge on any atom is -0.465 e. The number of ether oxygens (including phenoxy) is 1. The lowest BCUT2D eigenvalue weighted by Gasteiger charge is -2.40. The Morgan fingerprint density at radius 2 is 1.89 bits per heavy atom. The van der Waals surface area contributed by atoms with E-state index in [1.165, 1.54) is 0 Å². The highest BCUT2D eigenvalue weighted by molar-refractivity contribution is 8.02. The predicted octanol–water partition coefficient (Wildman–Crippen LogP) is 3.37. The van der Waals surface area contributed by atoms with E-state index in [9.17, 15) is 19.5 Å². The summed E-state index contributed by atoms with van der Waals surface area (Å²) in [7, 11) is 0. The van der Waals surface area contributed by atoms with Crippen molar-refractivity contribution in [1.82, 2.24) is 9.80 Å². The van der Waals surface area contributed by atoms with Gasteiger partial charge in [0.15, 0.2) is 0 Å². The Morgan fingerprint density at radius 1 is 1.11 bits per heavy atom. The second-order valence-corrected chi connectivity index (χ2v) is 12.8. The predicted molar refractivity (Wildman–Crippen MR) is 147 cm³/mol. The summed E-state index contributed by atoms with van der Waals surface area (Å²) in [6.07, 6.45) is 11.9. The number of benzene rings is 1. The Morgan fingerprint density at radius 3 is 2.63 bits per heavy atom. The van der Waals surface area contributed by atoms with E-state index in [1.54, 1.807) is 16.7 Å². The molecule has 8 heteroatoms. The Bertz CT molecular complexity index is 1120. The van der Waals surface area contributed by atoms with Gasteiger partial charge in [-0.25, -0.2) is 0 Å². The average molecular weight is 539 g/mol. The number of likely N-dealkylation sites (tertiary alicyclic amines) is 1. The molecule has 0 radical (unpaired) electrons. The number of aliphatic hydroxyl groups is 1. The van der Waals surface area contributed by atoms with Crippen molar-refractivity contribution in [3.05, 3.63) is 60.2 Å². The third-order valence-electron chi connectivity index (χ3n) is 8.47. The lowest BCUT2D eigenvalue weighted by Crippen LogP contribution is -2.57. The van der Waals surface area contributed by atoms with Crippen molar-refractivity contribution in [3.63, 3.8) is 0 Å². The van der Waals surface area contributed by atoms with Gasteiger partial charge in [0, 0.05) is 17.8 Å². The number of nitrogens with zero attached hydrogens (tertiary/aromatic N) is 2. The van der Waals surface area contributed by atoms with Crippen LogP contribution < -0.4 is 0 Å². The van der Waals surface area contributed by atoms with Crippen LogP contribution >= 0.6 is 11.8 Å². The smallest absolute Gasteiger partial charge is 0.311 e. The molecule has 0 saturated carbocycles. The summed E-state index contributed by atoms with van der Waals surface area (Å²) in [5, 5.41) is 10.6. The number of rotatable bonds is 7. The first-order valence-corrected chi connectivity index (χ1v) is 14.7. The van der Waals surface area contributed by atoms with Gasteiger partial charge in [-0.3, -0.25) is 14.4 Å². The van der Waals surface area contributed by atoms with Gasteiger partial charge in [0.05, 0.1) is 35.8 Å². The molecule has 0 aromatic heterocycles. The van der Waals surface area contributed by atoms with Crippen LogP contribution in [0.2, 0.25) is 0 Å². The van der Waals surface area contributed by atoms with Crippen LogP contribution in [0.15, 0.2) is 54.6 Å². The molecule has 7 nitrogen and oxygen atoms in total. The molecule has 4 aliphatic rings. The van der Waals surface area contributed by atoms with Crippen molar-refractivity contribution in [3.8, 4) is 0 Å². The fraction of sp³-hybridized carbons (Fsp3) is 0.567. The summed E-state index contributed by atoms with van der Waals surface area (Å²) < 4.78 is 4.07. The van der Waals surface area contributed by atoms with Crippen LogP contribution in [-0.4, -0.2) is 80.6 Å². The molecule has 0 aliphatic carbocycles. The Hall–Kier alpha value is -2.58. The van der Waals surface area contributed by atoms with E-state index < -0.39 is 33.4 Å². The second kappa shape index (κ2) is 10.9. The van der Waals surface area contributed by atoms with E-state index >= 15 is 0 Å². The fourth-order valence-corrected chi connectivity index (χ4v) is 8.84. The summed E-state index contributed by atoms with van der Waals surface area (Å²) in [6.45, 7) is 5.20. The van der Waals surface area contributed by atoms with E-state index in [-0.39, 0.29) is 24.4 Å². The molecule has 1 aromatic rings. The normalized spacial score (nSPS) is 34.4. The molecule has 0 bridgehead atoms. The van der Waals surface area contributed by atoms with Crippen molar-refractivity contribution in [1.29, 1.82) is 0 Å². The van der Waals surface area contributed by atoms with Gasteiger partial charge in [-0.15, -0.1) is 11.8 Å². The maximum atomic E-state index is 14.5. The molecule has 1 spiro atoms. The topological polar surface area (TPSA) is 87.2 Å².